The van der Waals surface area contributed by atoms with Crippen molar-refractivity contribution in [3.8, 4) is 11.3 Å². The molecular weight excluding hydrogens is 250 g/mol. The molecule has 0 saturated heterocycles. The molecule has 20 heavy (non-hydrogen) atoms. The molecule has 5 heteroatoms. The monoisotopic (exact) mass is 267 g/mol. The van der Waals surface area contributed by atoms with Gasteiger partial charge in [-0.15, -0.1) is 0 Å². The van der Waals surface area contributed by atoms with Crippen LogP contribution in [0.25, 0.3) is 22.3 Å². The summed E-state index contributed by atoms with van der Waals surface area (Å²) in [6.45, 7) is 6.17. The summed E-state index contributed by atoms with van der Waals surface area (Å²) in [6, 6.07) is 9.89. The Morgan fingerprint density at radius 1 is 1.05 bits per heavy atom. The number of anilines is 1. The third-order valence-electron chi connectivity index (χ3n) is 3.17. The van der Waals surface area contributed by atoms with Crippen LogP contribution in [0.1, 0.15) is 26.6 Å². The van der Waals surface area contributed by atoms with Crippen LogP contribution in [0.2, 0.25) is 0 Å². The van der Waals surface area contributed by atoms with Crippen molar-refractivity contribution in [3.63, 3.8) is 0 Å². The van der Waals surface area contributed by atoms with Crippen LogP contribution in [0.15, 0.2) is 30.3 Å². The number of hydrogen-bond donors (Lipinski definition) is 2. The number of nitrogens with one attached hydrogen (secondary N) is 1. The van der Waals surface area contributed by atoms with Crippen molar-refractivity contribution >= 4 is 16.9 Å². The zero-order chi connectivity index (χ0) is 14.3. The lowest BCUT2D eigenvalue weighted by Gasteiger charge is -2.16. The van der Waals surface area contributed by atoms with Crippen molar-refractivity contribution in [3.05, 3.63) is 36.2 Å². The van der Waals surface area contributed by atoms with Gasteiger partial charge < -0.3 is 5.73 Å². The first-order chi connectivity index (χ1) is 9.47. The number of aromatic amines is 1. The van der Waals surface area contributed by atoms with Crippen molar-refractivity contribution in [2.75, 3.05) is 5.73 Å². The fraction of sp³-hybridized carbons (Fsp3) is 0.267. The molecule has 3 N–H and O–H groups in total. The topological polar surface area (TPSA) is 80.5 Å². The number of H-pyrrole nitrogens is 1. The SMILES string of the molecule is CC(C)(C)c1nc(N)c2c(-c3ccccc3)n[nH]c2n1. The molecule has 1 aromatic carbocycles. The molecule has 0 bridgehead atoms. The summed E-state index contributed by atoms with van der Waals surface area (Å²) in [6.07, 6.45) is 0. The van der Waals surface area contributed by atoms with E-state index in [1.807, 2.05) is 30.3 Å². The third kappa shape index (κ3) is 2.01. The van der Waals surface area contributed by atoms with Gasteiger partial charge in [-0.05, 0) is 0 Å². The van der Waals surface area contributed by atoms with Crippen molar-refractivity contribution in [1.82, 2.24) is 20.2 Å². The molecule has 5 nitrogen and oxygen atoms in total. The summed E-state index contributed by atoms with van der Waals surface area (Å²) in [4.78, 5) is 8.98. The Morgan fingerprint density at radius 2 is 1.75 bits per heavy atom. The van der Waals surface area contributed by atoms with Crippen LogP contribution in [0, 0.1) is 0 Å². The number of fused-ring (bicyclic) bond motifs is 1. The van der Waals surface area contributed by atoms with E-state index in [1.54, 1.807) is 0 Å². The van der Waals surface area contributed by atoms with E-state index in [9.17, 15) is 0 Å². The van der Waals surface area contributed by atoms with Crippen molar-refractivity contribution in [2.45, 2.75) is 26.2 Å². The summed E-state index contributed by atoms with van der Waals surface area (Å²) >= 11 is 0. The van der Waals surface area contributed by atoms with E-state index >= 15 is 0 Å². The highest BCUT2D eigenvalue weighted by Gasteiger charge is 2.21. The minimum Gasteiger partial charge on any atom is -0.383 e. The Balaban J connectivity index is 2.24. The number of benzene rings is 1. The minimum absolute atomic E-state index is 0.152. The first kappa shape index (κ1) is 12.6. The zero-order valence-electron chi connectivity index (χ0n) is 11.8. The number of nitrogen functional groups attached to an aromatic ring is 1. The quantitative estimate of drug-likeness (QED) is 0.710. The molecule has 0 aliphatic rings. The highest BCUT2D eigenvalue weighted by Crippen LogP contribution is 2.30. The average molecular weight is 267 g/mol. The zero-order valence-corrected chi connectivity index (χ0v) is 11.8. The first-order valence-corrected chi connectivity index (χ1v) is 6.54. The Labute approximate surface area is 117 Å². The number of aromatic nitrogens is 4. The molecule has 2 heterocycles. The first-order valence-electron chi connectivity index (χ1n) is 6.54. The summed E-state index contributed by atoms with van der Waals surface area (Å²) < 4.78 is 0. The van der Waals surface area contributed by atoms with Gasteiger partial charge in [0.1, 0.15) is 17.3 Å². The second-order valence-electron chi connectivity index (χ2n) is 5.84. The van der Waals surface area contributed by atoms with Gasteiger partial charge in [0.25, 0.3) is 0 Å². The molecule has 0 saturated carbocycles. The predicted molar refractivity (Wildman–Crippen MR) is 80.2 cm³/mol. The van der Waals surface area contributed by atoms with Crippen LogP contribution in [0.5, 0.6) is 0 Å². The lowest BCUT2D eigenvalue weighted by Crippen LogP contribution is -2.17. The summed E-state index contributed by atoms with van der Waals surface area (Å²) in [7, 11) is 0. The van der Waals surface area contributed by atoms with Crippen LogP contribution >= 0.6 is 0 Å². The van der Waals surface area contributed by atoms with Gasteiger partial charge in [-0.25, -0.2) is 9.97 Å². The van der Waals surface area contributed by atoms with Gasteiger partial charge >= 0.3 is 0 Å². The number of hydrogen-bond acceptors (Lipinski definition) is 4. The van der Waals surface area contributed by atoms with Crippen LogP contribution in [-0.4, -0.2) is 20.2 Å². The number of rotatable bonds is 1. The van der Waals surface area contributed by atoms with Gasteiger partial charge in [0, 0.05) is 11.0 Å². The molecule has 0 aliphatic heterocycles. The largest absolute Gasteiger partial charge is 0.383 e. The van der Waals surface area contributed by atoms with Gasteiger partial charge in [-0.2, -0.15) is 5.10 Å². The summed E-state index contributed by atoms with van der Waals surface area (Å²) in [5.41, 5.74) is 8.44. The van der Waals surface area contributed by atoms with E-state index < -0.39 is 0 Å². The smallest absolute Gasteiger partial charge is 0.161 e. The molecule has 0 unspecified atom stereocenters. The highest BCUT2D eigenvalue weighted by atomic mass is 15.2. The maximum atomic E-state index is 6.13. The number of nitrogens with two attached hydrogens (primary N) is 1. The molecule has 0 spiro atoms. The van der Waals surface area contributed by atoms with Crippen LogP contribution in [0.4, 0.5) is 5.82 Å². The summed E-state index contributed by atoms with van der Waals surface area (Å²) in [5.74, 6) is 1.18. The lowest BCUT2D eigenvalue weighted by atomic mass is 9.95. The lowest BCUT2D eigenvalue weighted by molar-refractivity contribution is 0.549. The molecule has 0 amide bonds. The van der Waals surface area contributed by atoms with E-state index in [2.05, 4.69) is 40.9 Å². The van der Waals surface area contributed by atoms with Crippen molar-refractivity contribution in [1.29, 1.82) is 0 Å². The molecule has 3 rings (SSSR count). The van der Waals surface area contributed by atoms with Gasteiger partial charge in [-0.3, -0.25) is 5.10 Å². The molecule has 102 valence electrons. The summed E-state index contributed by atoms with van der Waals surface area (Å²) in [5, 5.41) is 8.08. The average Bonchev–Trinajstić information content (AvgIpc) is 2.83. The van der Waals surface area contributed by atoms with Gasteiger partial charge in [0.2, 0.25) is 0 Å². The van der Waals surface area contributed by atoms with Gasteiger partial charge in [0.05, 0.1) is 5.39 Å². The Kier molecular flexibility index (Phi) is 2.71. The van der Waals surface area contributed by atoms with E-state index in [0.717, 1.165) is 16.6 Å². The van der Waals surface area contributed by atoms with E-state index in [0.29, 0.717) is 17.3 Å². The Hall–Kier alpha value is -2.43. The van der Waals surface area contributed by atoms with Gasteiger partial charge in [0.15, 0.2) is 5.65 Å². The van der Waals surface area contributed by atoms with Gasteiger partial charge in [-0.1, -0.05) is 51.1 Å². The molecule has 0 fully saturated rings. The highest BCUT2D eigenvalue weighted by molar-refractivity contribution is 5.97. The molecular formula is C15H17N5. The van der Waals surface area contributed by atoms with Crippen LogP contribution in [-0.2, 0) is 5.41 Å². The van der Waals surface area contributed by atoms with Crippen molar-refractivity contribution in [2.24, 2.45) is 0 Å². The van der Waals surface area contributed by atoms with Crippen LogP contribution < -0.4 is 5.73 Å². The Morgan fingerprint density at radius 3 is 2.40 bits per heavy atom. The Bertz CT molecular complexity index is 753. The van der Waals surface area contributed by atoms with E-state index in [1.165, 1.54) is 0 Å². The second-order valence-corrected chi connectivity index (χ2v) is 5.84. The second kappa shape index (κ2) is 4.30. The fourth-order valence-electron chi connectivity index (χ4n) is 2.10. The maximum Gasteiger partial charge on any atom is 0.161 e. The van der Waals surface area contributed by atoms with E-state index in [4.69, 9.17) is 5.73 Å². The molecule has 0 atom stereocenters. The molecule has 0 radical (unpaired) electrons. The number of nitrogens with zero attached hydrogens (tertiary/aromatic N) is 3. The molecule has 3 aromatic rings. The third-order valence-corrected chi connectivity index (χ3v) is 3.17. The molecule has 0 aliphatic carbocycles. The van der Waals surface area contributed by atoms with Crippen molar-refractivity contribution < 1.29 is 0 Å². The molecule has 2 aromatic heterocycles. The normalized spacial score (nSPS) is 11.9. The predicted octanol–water partition coefficient (Wildman–Crippen LogP) is 2.90. The maximum absolute atomic E-state index is 6.13. The van der Waals surface area contributed by atoms with Crippen LogP contribution in [0.3, 0.4) is 0 Å². The standard InChI is InChI=1S/C15H17N5/c1-15(2,3)14-17-12(16)10-11(19-20-13(10)18-14)9-7-5-4-6-8-9/h4-8H,1-3H3,(H3,16,17,18,19,20). The fourth-order valence-corrected chi connectivity index (χ4v) is 2.10. The van der Waals surface area contributed by atoms with E-state index in [-0.39, 0.29) is 5.41 Å². The minimum atomic E-state index is -0.152.